The highest BCUT2D eigenvalue weighted by Crippen LogP contribution is 2.27. The number of amides is 2. The van der Waals surface area contributed by atoms with E-state index in [1.165, 1.54) is 6.07 Å². The molecule has 0 saturated heterocycles. The van der Waals surface area contributed by atoms with Crippen molar-refractivity contribution in [3.63, 3.8) is 0 Å². The van der Waals surface area contributed by atoms with E-state index in [1.807, 2.05) is 19.1 Å². The minimum absolute atomic E-state index is 0.0245. The van der Waals surface area contributed by atoms with E-state index in [0.29, 0.717) is 42.9 Å². The number of anilines is 2. The Hall–Kier alpha value is -3.35. The molecule has 7 heteroatoms. The van der Waals surface area contributed by atoms with Crippen LogP contribution in [0.3, 0.4) is 0 Å². The molecule has 0 radical (unpaired) electrons. The summed E-state index contributed by atoms with van der Waals surface area (Å²) in [4.78, 5) is 34.9. The zero-order chi connectivity index (χ0) is 21.0. The second-order valence-electron chi connectivity index (χ2n) is 7.15. The maximum absolute atomic E-state index is 12.2. The fourth-order valence-corrected chi connectivity index (χ4v) is 3.30. The number of hydrogen-bond donors (Lipinski definition) is 3. The van der Waals surface area contributed by atoms with Crippen LogP contribution < -0.4 is 15.4 Å². The molecule has 2 aromatic rings. The van der Waals surface area contributed by atoms with E-state index in [9.17, 15) is 19.5 Å². The van der Waals surface area contributed by atoms with Crippen molar-refractivity contribution in [1.29, 1.82) is 0 Å². The Bertz CT molecular complexity index is 968. The van der Waals surface area contributed by atoms with Crippen LogP contribution in [0.2, 0.25) is 0 Å². The Morgan fingerprint density at radius 2 is 1.93 bits per heavy atom. The van der Waals surface area contributed by atoms with Gasteiger partial charge in [-0.05, 0) is 67.6 Å². The highest BCUT2D eigenvalue weighted by Gasteiger charge is 2.15. The molecule has 1 aliphatic heterocycles. The SMILES string of the molecule is Cc1cc(C)c(C(=O)O)cc1NC(=O)CCCOc1ccc2c(c1)CCC(=O)N2. The summed E-state index contributed by atoms with van der Waals surface area (Å²) in [6.07, 6.45) is 1.95. The molecule has 2 aromatic carbocycles. The van der Waals surface area contributed by atoms with Crippen LogP contribution >= 0.6 is 0 Å². The molecule has 1 aliphatic rings. The Kier molecular flexibility index (Phi) is 6.16. The lowest BCUT2D eigenvalue weighted by atomic mass is 10.0. The van der Waals surface area contributed by atoms with E-state index in [4.69, 9.17) is 4.74 Å². The molecule has 0 atom stereocenters. The number of rotatable bonds is 7. The average Bonchev–Trinajstić information content (AvgIpc) is 2.67. The molecule has 2 amide bonds. The number of benzene rings is 2. The van der Waals surface area contributed by atoms with E-state index >= 15 is 0 Å². The topological polar surface area (TPSA) is 105 Å². The standard InChI is InChI=1S/C22H24N2O5/c1-13-10-14(2)19(12-17(13)22(27)28)24-20(25)4-3-9-29-16-6-7-18-15(11-16)5-8-21(26)23-18/h6-7,10-12H,3-5,8-9H2,1-2H3,(H,23,26)(H,24,25)(H,27,28). The van der Waals surface area contributed by atoms with Crippen molar-refractivity contribution >= 4 is 29.2 Å². The first kappa shape index (κ1) is 20.4. The number of ether oxygens (including phenoxy) is 1. The number of carboxylic acid groups (broad SMARTS) is 1. The van der Waals surface area contributed by atoms with Gasteiger partial charge in [-0.2, -0.15) is 0 Å². The number of carbonyl (C=O) groups excluding carboxylic acids is 2. The van der Waals surface area contributed by atoms with Gasteiger partial charge in [0.25, 0.3) is 0 Å². The quantitative estimate of drug-likeness (QED) is 0.619. The molecule has 0 saturated carbocycles. The highest BCUT2D eigenvalue weighted by molar-refractivity contribution is 5.95. The number of aromatic carboxylic acids is 1. The molecule has 0 aliphatic carbocycles. The van der Waals surface area contributed by atoms with Crippen molar-refractivity contribution in [1.82, 2.24) is 0 Å². The fourth-order valence-electron chi connectivity index (χ4n) is 3.30. The van der Waals surface area contributed by atoms with Crippen molar-refractivity contribution in [3.8, 4) is 5.75 Å². The van der Waals surface area contributed by atoms with E-state index < -0.39 is 5.97 Å². The monoisotopic (exact) mass is 396 g/mol. The third kappa shape index (κ3) is 5.13. The largest absolute Gasteiger partial charge is 0.494 e. The average molecular weight is 396 g/mol. The summed E-state index contributed by atoms with van der Waals surface area (Å²) in [6, 6.07) is 8.79. The zero-order valence-electron chi connectivity index (χ0n) is 16.5. The summed E-state index contributed by atoms with van der Waals surface area (Å²) in [7, 11) is 0. The third-order valence-corrected chi connectivity index (χ3v) is 4.86. The lowest BCUT2D eigenvalue weighted by molar-refractivity contribution is -0.117. The molecule has 152 valence electrons. The van der Waals surface area contributed by atoms with Gasteiger partial charge in [-0.15, -0.1) is 0 Å². The molecule has 1 heterocycles. The molecule has 29 heavy (non-hydrogen) atoms. The number of aryl methyl sites for hydroxylation is 3. The molecular formula is C22H24N2O5. The summed E-state index contributed by atoms with van der Waals surface area (Å²) < 4.78 is 5.72. The van der Waals surface area contributed by atoms with Gasteiger partial charge in [0.15, 0.2) is 0 Å². The second-order valence-corrected chi connectivity index (χ2v) is 7.15. The van der Waals surface area contributed by atoms with Crippen LogP contribution in [0.15, 0.2) is 30.3 Å². The Labute approximate surface area is 169 Å². The van der Waals surface area contributed by atoms with Gasteiger partial charge in [0.1, 0.15) is 5.75 Å². The molecule has 3 N–H and O–H groups in total. The van der Waals surface area contributed by atoms with E-state index in [2.05, 4.69) is 10.6 Å². The van der Waals surface area contributed by atoms with Gasteiger partial charge in [0, 0.05) is 24.2 Å². The van der Waals surface area contributed by atoms with Crippen LogP contribution in [0.4, 0.5) is 11.4 Å². The first-order valence-corrected chi connectivity index (χ1v) is 9.53. The summed E-state index contributed by atoms with van der Waals surface area (Å²) in [6.45, 7) is 3.94. The van der Waals surface area contributed by atoms with Crippen LogP contribution in [0.25, 0.3) is 0 Å². The highest BCUT2D eigenvalue weighted by atomic mass is 16.5. The molecule has 7 nitrogen and oxygen atoms in total. The second kappa shape index (κ2) is 8.77. The van der Waals surface area contributed by atoms with E-state index in [1.54, 1.807) is 19.1 Å². The summed E-state index contributed by atoms with van der Waals surface area (Å²) in [5.41, 5.74) is 4.03. The summed E-state index contributed by atoms with van der Waals surface area (Å²) in [5, 5.41) is 14.8. The normalized spacial score (nSPS) is 12.7. The number of hydrogen-bond acceptors (Lipinski definition) is 4. The minimum atomic E-state index is -1.02. The van der Waals surface area contributed by atoms with Gasteiger partial charge in [-0.1, -0.05) is 6.07 Å². The molecule has 0 spiro atoms. The Morgan fingerprint density at radius 3 is 2.69 bits per heavy atom. The number of nitrogens with one attached hydrogen (secondary N) is 2. The third-order valence-electron chi connectivity index (χ3n) is 4.86. The predicted octanol–water partition coefficient (Wildman–Crippen LogP) is 3.68. The van der Waals surface area contributed by atoms with E-state index in [0.717, 1.165) is 16.8 Å². The number of fused-ring (bicyclic) bond motifs is 1. The molecule has 0 aromatic heterocycles. The predicted molar refractivity (Wildman–Crippen MR) is 110 cm³/mol. The first-order chi connectivity index (χ1) is 13.8. The summed E-state index contributed by atoms with van der Waals surface area (Å²) in [5.74, 6) is -0.474. The van der Waals surface area contributed by atoms with Crippen LogP contribution in [0.1, 0.15) is 46.3 Å². The van der Waals surface area contributed by atoms with Gasteiger partial charge in [-0.25, -0.2) is 4.79 Å². The first-order valence-electron chi connectivity index (χ1n) is 9.53. The van der Waals surface area contributed by atoms with Gasteiger partial charge >= 0.3 is 5.97 Å². The minimum Gasteiger partial charge on any atom is -0.494 e. The smallest absolute Gasteiger partial charge is 0.336 e. The lowest BCUT2D eigenvalue weighted by Crippen LogP contribution is -2.18. The molecule has 0 fully saturated rings. The maximum Gasteiger partial charge on any atom is 0.336 e. The number of carboxylic acids is 1. The Morgan fingerprint density at radius 1 is 1.14 bits per heavy atom. The van der Waals surface area contributed by atoms with Crippen molar-refractivity contribution in [2.24, 2.45) is 0 Å². The van der Waals surface area contributed by atoms with Crippen LogP contribution in [0, 0.1) is 13.8 Å². The van der Waals surface area contributed by atoms with Gasteiger partial charge in [0.05, 0.1) is 12.2 Å². The molecule has 3 rings (SSSR count). The van der Waals surface area contributed by atoms with Crippen LogP contribution in [0.5, 0.6) is 5.75 Å². The maximum atomic E-state index is 12.2. The lowest BCUT2D eigenvalue weighted by Gasteiger charge is -2.17. The van der Waals surface area contributed by atoms with Crippen molar-refractivity contribution in [2.75, 3.05) is 17.2 Å². The van der Waals surface area contributed by atoms with Crippen LogP contribution in [-0.2, 0) is 16.0 Å². The zero-order valence-corrected chi connectivity index (χ0v) is 16.5. The van der Waals surface area contributed by atoms with Crippen molar-refractivity contribution in [3.05, 3.63) is 52.6 Å². The Balaban J connectivity index is 1.49. The molecule has 0 bridgehead atoms. The summed E-state index contributed by atoms with van der Waals surface area (Å²) >= 11 is 0. The number of carbonyl (C=O) groups is 3. The molecular weight excluding hydrogens is 372 g/mol. The van der Waals surface area contributed by atoms with E-state index in [-0.39, 0.29) is 23.8 Å². The van der Waals surface area contributed by atoms with Crippen molar-refractivity contribution in [2.45, 2.75) is 39.5 Å². The fraction of sp³-hybridized carbons (Fsp3) is 0.318. The molecule has 0 unspecified atom stereocenters. The van der Waals surface area contributed by atoms with Crippen molar-refractivity contribution < 1.29 is 24.2 Å². The van der Waals surface area contributed by atoms with Gasteiger partial charge in [-0.3, -0.25) is 9.59 Å². The van der Waals surface area contributed by atoms with Crippen LogP contribution in [-0.4, -0.2) is 29.5 Å². The van der Waals surface area contributed by atoms with Gasteiger partial charge in [0.2, 0.25) is 11.8 Å². The van der Waals surface area contributed by atoms with Gasteiger partial charge < -0.3 is 20.5 Å².